The van der Waals surface area contributed by atoms with E-state index in [-0.39, 0.29) is 6.04 Å². The first-order valence-corrected chi connectivity index (χ1v) is 9.48. The number of hydrogen-bond donors (Lipinski definition) is 1. The van der Waals surface area contributed by atoms with Crippen molar-refractivity contribution in [3.05, 3.63) is 71.3 Å². The second-order valence-corrected chi connectivity index (χ2v) is 7.19. The molecule has 0 spiro atoms. The summed E-state index contributed by atoms with van der Waals surface area (Å²) in [7, 11) is 1.96. The van der Waals surface area contributed by atoms with Crippen LogP contribution in [0, 0.1) is 0 Å². The number of hydrogen-bond acceptors (Lipinski definition) is 4. The summed E-state index contributed by atoms with van der Waals surface area (Å²) in [5, 5.41) is 5.61. The van der Waals surface area contributed by atoms with Crippen LogP contribution in [0.1, 0.15) is 41.2 Å². The highest BCUT2D eigenvalue weighted by molar-refractivity contribution is 5.82. The van der Waals surface area contributed by atoms with Crippen molar-refractivity contribution in [1.29, 1.82) is 0 Å². The lowest BCUT2D eigenvalue weighted by Gasteiger charge is -2.34. The van der Waals surface area contributed by atoms with Crippen LogP contribution in [0.4, 0.5) is 0 Å². The fraction of sp³-hybridized carbons (Fsp3) is 0.333. The van der Waals surface area contributed by atoms with E-state index in [1.165, 1.54) is 22.2 Å². The number of nitrogens with one attached hydrogen (secondary N) is 1. The molecular formula is C21H23N5O. The Kier molecular flexibility index (Phi) is 3.86. The number of furan rings is 1. The molecule has 6 nitrogen and oxygen atoms in total. The van der Waals surface area contributed by atoms with Gasteiger partial charge >= 0.3 is 0 Å². The molecule has 1 unspecified atom stereocenters. The Morgan fingerprint density at radius 1 is 1.30 bits per heavy atom. The Morgan fingerprint density at radius 2 is 2.19 bits per heavy atom. The molecule has 27 heavy (non-hydrogen) atoms. The summed E-state index contributed by atoms with van der Waals surface area (Å²) in [4.78, 5) is 10.5. The minimum Gasteiger partial charge on any atom is -0.461 e. The number of H-pyrrole nitrogens is 1. The average Bonchev–Trinajstić information content (AvgIpc) is 3.40. The number of rotatable bonds is 4. The summed E-state index contributed by atoms with van der Waals surface area (Å²) < 4.78 is 7.98. The first kappa shape index (κ1) is 16.3. The molecule has 1 aromatic carbocycles. The van der Waals surface area contributed by atoms with Gasteiger partial charge in [-0.1, -0.05) is 25.1 Å². The van der Waals surface area contributed by atoms with Crippen molar-refractivity contribution >= 4 is 11.0 Å². The van der Waals surface area contributed by atoms with E-state index in [0.717, 1.165) is 43.0 Å². The second-order valence-electron chi connectivity index (χ2n) is 7.19. The first-order valence-electron chi connectivity index (χ1n) is 9.48. The number of aromatic amines is 1. The van der Waals surface area contributed by atoms with Crippen LogP contribution in [-0.2, 0) is 26.4 Å². The molecule has 5 rings (SSSR count). The Hall–Kier alpha value is -2.86. The summed E-state index contributed by atoms with van der Waals surface area (Å²) in [6.45, 7) is 3.96. The number of para-hydroxylation sites is 1. The van der Waals surface area contributed by atoms with Crippen molar-refractivity contribution in [3.63, 3.8) is 0 Å². The van der Waals surface area contributed by atoms with Gasteiger partial charge in [0, 0.05) is 61.4 Å². The van der Waals surface area contributed by atoms with Gasteiger partial charge in [0.05, 0.1) is 24.3 Å². The number of nitrogens with zero attached hydrogens (tertiary/aromatic N) is 4. The second kappa shape index (κ2) is 6.39. The zero-order valence-corrected chi connectivity index (χ0v) is 15.6. The van der Waals surface area contributed by atoms with Gasteiger partial charge in [-0.3, -0.25) is 9.58 Å². The van der Waals surface area contributed by atoms with Crippen LogP contribution >= 0.6 is 0 Å². The Bertz CT molecular complexity index is 1090. The van der Waals surface area contributed by atoms with E-state index in [0.29, 0.717) is 0 Å². The lowest BCUT2D eigenvalue weighted by atomic mass is 9.96. The van der Waals surface area contributed by atoms with Crippen molar-refractivity contribution in [1.82, 2.24) is 24.6 Å². The molecule has 0 saturated heterocycles. The van der Waals surface area contributed by atoms with Gasteiger partial charge in [0.15, 0.2) is 0 Å². The average molecular weight is 361 g/mol. The Labute approximate surface area is 157 Å². The third-order valence-corrected chi connectivity index (χ3v) is 5.53. The van der Waals surface area contributed by atoms with E-state index in [1.807, 2.05) is 30.3 Å². The van der Waals surface area contributed by atoms with Crippen molar-refractivity contribution in [2.75, 3.05) is 6.54 Å². The zero-order valence-electron chi connectivity index (χ0n) is 15.6. The SMILES string of the molecule is CCc1oc2ccccc2c1CN1CCc2[nH]cnc2C1c1cnn(C)c1. The molecule has 4 aromatic rings. The topological polar surface area (TPSA) is 62.9 Å². The maximum atomic E-state index is 6.12. The highest BCUT2D eigenvalue weighted by atomic mass is 16.3. The van der Waals surface area contributed by atoms with E-state index in [1.54, 1.807) is 0 Å². The van der Waals surface area contributed by atoms with E-state index in [2.05, 4.69) is 51.3 Å². The van der Waals surface area contributed by atoms with Crippen molar-refractivity contribution in [2.24, 2.45) is 7.05 Å². The van der Waals surface area contributed by atoms with Gasteiger partial charge in [0.2, 0.25) is 0 Å². The van der Waals surface area contributed by atoms with Crippen molar-refractivity contribution in [3.8, 4) is 0 Å². The Morgan fingerprint density at radius 3 is 3.00 bits per heavy atom. The van der Waals surface area contributed by atoms with Gasteiger partial charge in [0.1, 0.15) is 11.3 Å². The molecular weight excluding hydrogens is 338 g/mol. The number of aryl methyl sites for hydroxylation is 2. The molecule has 0 fully saturated rings. The molecule has 3 aromatic heterocycles. The predicted molar refractivity (Wildman–Crippen MR) is 103 cm³/mol. The third kappa shape index (κ3) is 2.68. The normalized spacial score (nSPS) is 17.5. The van der Waals surface area contributed by atoms with Crippen LogP contribution in [0.3, 0.4) is 0 Å². The van der Waals surface area contributed by atoms with Crippen LogP contribution in [0.5, 0.6) is 0 Å². The number of fused-ring (bicyclic) bond motifs is 2. The standard InChI is InChI=1S/C21H23N5O/c1-3-18-16(15-6-4-5-7-19(15)27-18)12-26-9-8-17-20(23-13-22-17)21(26)14-10-24-25(2)11-14/h4-7,10-11,13,21H,3,8-9,12H2,1-2H3,(H,22,23). The predicted octanol–water partition coefficient (Wildman–Crippen LogP) is 3.60. The molecule has 1 atom stereocenters. The van der Waals surface area contributed by atoms with Gasteiger partial charge < -0.3 is 9.40 Å². The number of imidazole rings is 1. The molecule has 0 saturated carbocycles. The molecule has 1 aliphatic heterocycles. The van der Waals surface area contributed by atoms with Gasteiger partial charge in [-0.2, -0.15) is 5.10 Å². The van der Waals surface area contributed by atoms with Gasteiger partial charge in [-0.25, -0.2) is 4.98 Å². The first-order chi connectivity index (χ1) is 13.2. The molecule has 138 valence electrons. The lowest BCUT2D eigenvalue weighted by Crippen LogP contribution is -2.35. The van der Waals surface area contributed by atoms with Crippen LogP contribution in [0.15, 0.2) is 47.4 Å². The van der Waals surface area contributed by atoms with Crippen LogP contribution in [0.25, 0.3) is 11.0 Å². The highest BCUT2D eigenvalue weighted by Crippen LogP contribution is 2.36. The molecule has 1 aliphatic rings. The number of benzene rings is 1. The summed E-state index contributed by atoms with van der Waals surface area (Å²) in [6, 6.07) is 8.44. The minimum absolute atomic E-state index is 0.104. The Balaban J connectivity index is 1.58. The molecule has 6 heteroatoms. The monoisotopic (exact) mass is 361 g/mol. The highest BCUT2D eigenvalue weighted by Gasteiger charge is 2.33. The third-order valence-electron chi connectivity index (χ3n) is 5.53. The molecule has 1 N–H and O–H groups in total. The van der Waals surface area contributed by atoms with Gasteiger partial charge in [0.25, 0.3) is 0 Å². The fourth-order valence-corrected chi connectivity index (χ4v) is 4.26. The molecule has 0 radical (unpaired) electrons. The molecule has 0 bridgehead atoms. The molecule has 4 heterocycles. The van der Waals surface area contributed by atoms with E-state index >= 15 is 0 Å². The van der Waals surface area contributed by atoms with E-state index in [4.69, 9.17) is 4.42 Å². The number of aromatic nitrogens is 4. The summed E-state index contributed by atoms with van der Waals surface area (Å²) >= 11 is 0. The minimum atomic E-state index is 0.104. The summed E-state index contributed by atoms with van der Waals surface area (Å²) in [5.41, 5.74) is 5.78. The maximum Gasteiger partial charge on any atom is 0.134 e. The summed E-state index contributed by atoms with van der Waals surface area (Å²) in [5.74, 6) is 1.08. The molecule has 0 amide bonds. The maximum absolute atomic E-state index is 6.12. The van der Waals surface area contributed by atoms with Crippen molar-refractivity contribution < 1.29 is 4.42 Å². The van der Waals surface area contributed by atoms with Crippen molar-refractivity contribution in [2.45, 2.75) is 32.4 Å². The van der Waals surface area contributed by atoms with E-state index < -0.39 is 0 Å². The molecule has 0 aliphatic carbocycles. The van der Waals surface area contributed by atoms with Gasteiger partial charge in [-0.05, 0) is 6.07 Å². The summed E-state index contributed by atoms with van der Waals surface area (Å²) in [6.07, 6.45) is 7.72. The van der Waals surface area contributed by atoms with Crippen LogP contribution < -0.4 is 0 Å². The smallest absolute Gasteiger partial charge is 0.134 e. The zero-order chi connectivity index (χ0) is 18.4. The quantitative estimate of drug-likeness (QED) is 0.603. The van der Waals surface area contributed by atoms with Crippen LogP contribution in [-0.4, -0.2) is 31.2 Å². The van der Waals surface area contributed by atoms with E-state index in [9.17, 15) is 0 Å². The largest absolute Gasteiger partial charge is 0.461 e. The fourth-order valence-electron chi connectivity index (χ4n) is 4.26. The van der Waals surface area contributed by atoms with Gasteiger partial charge in [-0.15, -0.1) is 0 Å². The van der Waals surface area contributed by atoms with Crippen LogP contribution in [0.2, 0.25) is 0 Å². The lowest BCUT2D eigenvalue weighted by molar-refractivity contribution is 0.199.